The molecule has 0 aromatic heterocycles. The minimum absolute atomic E-state index is 0.109. The molecule has 0 bridgehead atoms. The number of carbonyl (C=O) groups excluding carboxylic acids is 2. The van der Waals surface area contributed by atoms with Gasteiger partial charge in [0, 0.05) is 12.6 Å². The molecular weight excluding hydrogens is 381 g/mol. The third-order valence-corrected chi connectivity index (χ3v) is 4.15. The first-order chi connectivity index (χ1) is 14.0. The Balaban J connectivity index is 1.48. The quantitative estimate of drug-likeness (QED) is 0.568. The Hall–Kier alpha value is -3.55. The lowest BCUT2D eigenvalue weighted by molar-refractivity contribution is -0.150. The smallest absolute Gasteiger partial charge is 0.331 e. The van der Waals surface area contributed by atoms with Crippen molar-refractivity contribution in [2.45, 2.75) is 19.6 Å². The third-order valence-electron chi connectivity index (χ3n) is 4.15. The second kappa shape index (κ2) is 9.09. The summed E-state index contributed by atoms with van der Waals surface area (Å²) in [4.78, 5) is 24.0. The number of methoxy groups -OCH3 is 1. The molecule has 2 aromatic carbocycles. The molecule has 29 heavy (non-hydrogen) atoms. The van der Waals surface area contributed by atoms with E-state index in [1.54, 1.807) is 24.3 Å². The van der Waals surface area contributed by atoms with Crippen molar-refractivity contribution in [2.75, 3.05) is 13.9 Å². The molecule has 152 valence electrons. The number of rotatable bonds is 7. The van der Waals surface area contributed by atoms with Crippen LogP contribution in [0.4, 0.5) is 4.39 Å². The number of carbonyl (C=O) groups is 2. The maximum Gasteiger partial charge on any atom is 0.331 e. The Morgan fingerprint density at radius 3 is 2.76 bits per heavy atom. The first-order valence-corrected chi connectivity index (χ1v) is 8.84. The molecule has 2 aromatic rings. The third kappa shape index (κ3) is 5.25. The van der Waals surface area contributed by atoms with Crippen LogP contribution >= 0.6 is 0 Å². The van der Waals surface area contributed by atoms with Gasteiger partial charge in [-0.2, -0.15) is 0 Å². The largest absolute Gasteiger partial charge is 0.494 e. The number of benzene rings is 2. The van der Waals surface area contributed by atoms with Crippen molar-refractivity contribution in [1.29, 1.82) is 0 Å². The molecule has 1 amide bonds. The summed E-state index contributed by atoms with van der Waals surface area (Å²) < 4.78 is 34.1. The van der Waals surface area contributed by atoms with Gasteiger partial charge in [-0.05, 0) is 48.4 Å². The standard InChI is InChI=1S/C21H20FNO6/c1-13(21(25)23-11-15-4-7-18-19(10-15)28-12-27-18)29-20(24)8-5-14-3-6-17(26-2)16(22)9-14/h3-10,13H,11-12H2,1-2H3,(H,23,25)/b8-5+/t13-/m0/s1. The molecule has 0 spiro atoms. The van der Waals surface area contributed by atoms with Gasteiger partial charge in [-0.25, -0.2) is 9.18 Å². The summed E-state index contributed by atoms with van der Waals surface area (Å²) in [6.45, 7) is 1.89. The maximum atomic E-state index is 13.6. The van der Waals surface area contributed by atoms with E-state index in [4.69, 9.17) is 18.9 Å². The molecule has 0 radical (unpaired) electrons. The highest BCUT2D eigenvalue weighted by atomic mass is 19.1. The highest BCUT2D eigenvalue weighted by molar-refractivity contribution is 5.90. The predicted octanol–water partition coefficient (Wildman–Crippen LogP) is 2.82. The van der Waals surface area contributed by atoms with Crippen LogP contribution in [-0.2, 0) is 20.9 Å². The molecule has 0 saturated heterocycles. The molecule has 3 rings (SSSR count). The van der Waals surface area contributed by atoms with Crippen LogP contribution in [0.3, 0.4) is 0 Å². The van der Waals surface area contributed by atoms with Crippen LogP contribution in [0, 0.1) is 5.82 Å². The Kier molecular flexibility index (Phi) is 6.33. The van der Waals surface area contributed by atoms with Gasteiger partial charge in [0.1, 0.15) is 0 Å². The van der Waals surface area contributed by atoms with Crippen molar-refractivity contribution in [2.24, 2.45) is 0 Å². The summed E-state index contributed by atoms with van der Waals surface area (Å²) in [5.41, 5.74) is 1.28. The van der Waals surface area contributed by atoms with Crippen LogP contribution in [0.5, 0.6) is 17.2 Å². The topological polar surface area (TPSA) is 83.1 Å². The molecule has 0 fully saturated rings. The number of ether oxygens (including phenoxy) is 4. The minimum atomic E-state index is -0.992. The van der Waals surface area contributed by atoms with Gasteiger partial charge in [0.15, 0.2) is 29.2 Å². The van der Waals surface area contributed by atoms with E-state index >= 15 is 0 Å². The van der Waals surface area contributed by atoms with Gasteiger partial charge in [0.25, 0.3) is 5.91 Å². The van der Waals surface area contributed by atoms with E-state index in [-0.39, 0.29) is 19.1 Å². The van der Waals surface area contributed by atoms with Gasteiger partial charge < -0.3 is 24.3 Å². The molecule has 1 heterocycles. The zero-order valence-electron chi connectivity index (χ0n) is 15.9. The second-order valence-corrected chi connectivity index (χ2v) is 6.21. The summed E-state index contributed by atoms with van der Waals surface area (Å²) in [6, 6.07) is 9.61. The van der Waals surface area contributed by atoms with Crippen LogP contribution in [0.2, 0.25) is 0 Å². The van der Waals surface area contributed by atoms with Gasteiger partial charge in [-0.3, -0.25) is 4.79 Å². The Labute approximate surface area is 167 Å². The number of nitrogens with one attached hydrogen (secondary N) is 1. The highest BCUT2D eigenvalue weighted by Crippen LogP contribution is 2.32. The van der Waals surface area contributed by atoms with Crippen LogP contribution in [-0.4, -0.2) is 31.9 Å². The van der Waals surface area contributed by atoms with Gasteiger partial charge in [-0.15, -0.1) is 0 Å². The fraction of sp³-hybridized carbons (Fsp3) is 0.238. The number of amides is 1. The SMILES string of the molecule is COc1ccc(/C=C/C(=O)O[C@@H](C)C(=O)NCc2ccc3c(c2)OCO3)cc1F. The molecular formula is C21H20FNO6. The van der Waals surface area contributed by atoms with Crippen molar-refractivity contribution in [3.8, 4) is 17.2 Å². The fourth-order valence-electron chi connectivity index (χ4n) is 2.60. The zero-order valence-corrected chi connectivity index (χ0v) is 15.9. The van der Waals surface area contributed by atoms with E-state index in [2.05, 4.69) is 5.32 Å². The highest BCUT2D eigenvalue weighted by Gasteiger charge is 2.17. The van der Waals surface area contributed by atoms with Crippen LogP contribution < -0.4 is 19.5 Å². The van der Waals surface area contributed by atoms with Gasteiger partial charge in [-0.1, -0.05) is 12.1 Å². The zero-order chi connectivity index (χ0) is 20.8. The Morgan fingerprint density at radius 1 is 1.21 bits per heavy atom. The summed E-state index contributed by atoms with van der Waals surface area (Å²) in [5, 5.41) is 2.69. The number of hydrogen-bond donors (Lipinski definition) is 1. The van der Waals surface area contributed by atoms with Crippen molar-refractivity contribution in [3.05, 3.63) is 59.4 Å². The van der Waals surface area contributed by atoms with Gasteiger partial charge in [0.2, 0.25) is 6.79 Å². The number of fused-ring (bicyclic) bond motifs is 1. The maximum absolute atomic E-state index is 13.6. The molecule has 8 heteroatoms. The van der Waals surface area contributed by atoms with Crippen LogP contribution in [0.25, 0.3) is 6.08 Å². The summed E-state index contributed by atoms with van der Waals surface area (Å²) >= 11 is 0. The average molecular weight is 401 g/mol. The van der Waals surface area contributed by atoms with E-state index < -0.39 is 23.8 Å². The van der Waals surface area contributed by atoms with Crippen molar-refractivity contribution >= 4 is 18.0 Å². The second-order valence-electron chi connectivity index (χ2n) is 6.21. The van der Waals surface area contributed by atoms with E-state index in [1.165, 1.54) is 32.2 Å². The Bertz CT molecular complexity index is 943. The predicted molar refractivity (Wildman–Crippen MR) is 102 cm³/mol. The number of esters is 1. The van der Waals surface area contributed by atoms with E-state index in [9.17, 15) is 14.0 Å². The fourth-order valence-corrected chi connectivity index (χ4v) is 2.60. The van der Waals surface area contributed by atoms with Gasteiger partial charge >= 0.3 is 5.97 Å². The molecule has 7 nitrogen and oxygen atoms in total. The van der Waals surface area contributed by atoms with Crippen molar-refractivity contribution in [1.82, 2.24) is 5.32 Å². The lowest BCUT2D eigenvalue weighted by Crippen LogP contribution is -2.35. The van der Waals surface area contributed by atoms with Crippen molar-refractivity contribution in [3.63, 3.8) is 0 Å². The molecule has 1 aliphatic rings. The normalized spacial score (nSPS) is 13.2. The molecule has 0 unspecified atom stereocenters. The number of halogens is 1. The molecule has 0 saturated carbocycles. The van der Waals surface area contributed by atoms with E-state index in [0.717, 1.165) is 11.6 Å². The van der Waals surface area contributed by atoms with E-state index in [0.29, 0.717) is 17.1 Å². The first kappa shape index (κ1) is 20.2. The average Bonchev–Trinajstić information content (AvgIpc) is 3.18. The summed E-state index contributed by atoms with van der Waals surface area (Å²) in [5.74, 6) is -0.314. The molecule has 1 N–H and O–H groups in total. The molecule has 0 aliphatic carbocycles. The molecule has 1 atom stereocenters. The van der Waals surface area contributed by atoms with Crippen molar-refractivity contribution < 1.29 is 32.9 Å². The first-order valence-electron chi connectivity index (χ1n) is 8.84. The van der Waals surface area contributed by atoms with E-state index in [1.807, 2.05) is 0 Å². The Morgan fingerprint density at radius 2 is 2.00 bits per heavy atom. The van der Waals surface area contributed by atoms with Gasteiger partial charge in [0.05, 0.1) is 7.11 Å². The molecule has 1 aliphatic heterocycles. The lowest BCUT2D eigenvalue weighted by Gasteiger charge is -2.12. The minimum Gasteiger partial charge on any atom is -0.494 e. The van der Waals surface area contributed by atoms with Crippen LogP contribution in [0.15, 0.2) is 42.5 Å². The number of hydrogen-bond acceptors (Lipinski definition) is 6. The van der Waals surface area contributed by atoms with Crippen LogP contribution in [0.1, 0.15) is 18.1 Å². The summed E-state index contributed by atoms with van der Waals surface area (Å²) in [6.07, 6.45) is 1.53. The monoisotopic (exact) mass is 401 g/mol. The lowest BCUT2D eigenvalue weighted by atomic mass is 10.2. The summed E-state index contributed by atoms with van der Waals surface area (Å²) in [7, 11) is 1.37.